The van der Waals surface area contributed by atoms with Crippen LogP contribution in [0.25, 0.3) is 28.2 Å². The summed E-state index contributed by atoms with van der Waals surface area (Å²) in [5.74, 6) is 0.165. The molecule has 0 aliphatic heterocycles. The lowest BCUT2D eigenvalue weighted by atomic mass is 9.85. The molecule has 0 spiro atoms. The van der Waals surface area contributed by atoms with E-state index < -0.39 is 5.82 Å². The van der Waals surface area contributed by atoms with Crippen LogP contribution in [0.2, 0.25) is 0 Å². The minimum atomic E-state index is -0.410. The quantitative estimate of drug-likeness (QED) is 0.280. The van der Waals surface area contributed by atoms with Crippen LogP contribution >= 0.6 is 0 Å². The number of benzene rings is 2. The molecule has 0 saturated carbocycles. The molecule has 8 nitrogen and oxygen atoms in total. The highest BCUT2D eigenvalue weighted by Crippen LogP contribution is 2.31. The zero-order valence-electron chi connectivity index (χ0n) is 22.6. The highest BCUT2D eigenvalue weighted by molar-refractivity contribution is 5.79. The fraction of sp³-hybridized carbons (Fsp3) is 0.300. The van der Waals surface area contributed by atoms with Crippen molar-refractivity contribution < 1.29 is 4.39 Å². The van der Waals surface area contributed by atoms with E-state index in [-0.39, 0.29) is 17.6 Å². The molecule has 3 heterocycles. The lowest BCUT2D eigenvalue weighted by Crippen LogP contribution is -2.27. The van der Waals surface area contributed by atoms with Gasteiger partial charge in [0, 0.05) is 29.2 Å². The normalized spacial score (nSPS) is 11.7. The van der Waals surface area contributed by atoms with Gasteiger partial charge < -0.3 is 0 Å². The largest absolute Gasteiger partial charge is 0.333 e. The molecule has 0 amide bonds. The molecule has 0 radical (unpaired) electrons. The summed E-state index contributed by atoms with van der Waals surface area (Å²) in [6.45, 7) is 8.47. The third kappa shape index (κ3) is 5.30. The Morgan fingerprint density at radius 3 is 2.46 bits per heavy atom. The van der Waals surface area contributed by atoms with Gasteiger partial charge in [-0.25, -0.2) is 14.3 Å². The van der Waals surface area contributed by atoms with Crippen LogP contribution in [-0.2, 0) is 18.4 Å². The van der Waals surface area contributed by atoms with Gasteiger partial charge in [-0.2, -0.15) is 0 Å². The average Bonchev–Trinajstić information content (AvgIpc) is 3.56. The number of aromatic amines is 1. The van der Waals surface area contributed by atoms with Crippen molar-refractivity contribution in [3.63, 3.8) is 0 Å². The van der Waals surface area contributed by atoms with Crippen molar-refractivity contribution in [2.75, 3.05) is 0 Å². The molecular weight excluding hydrogens is 493 g/mol. The molecule has 0 fully saturated rings. The van der Waals surface area contributed by atoms with E-state index in [1.807, 2.05) is 63.2 Å². The number of hydrogen-bond acceptors (Lipinski definition) is 5. The Kier molecular flexibility index (Phi) is 7.24. The number of nitrogens with zero attached hydrogens (tertiary/aromatic N) is 6. The number of H-pyrrole nitrogens is 1. The monoisotopic (exact) mass is 525 g/mol. The van der Waals surface area contributed by atoms with Crippen LogP contribution in [0.5, 0.6) is 0 Å². The van der Waals surface area contributed by atoms with Gasteiger partial charge >= 0.3 is 5.69 Å². The lowest BCUT2D eigenvalue weighted by Gasteiger charge is -2.23. The maximum atomic E-state index is 15.2. The number of imidazole rings is 1. The minimum Gasteiger partial charge on any atom is -0.290 e. The second-order valence-corrected chi connectivity index (χ2v) is 10.7. The summed E-state index contributed by atoms with van der Waals surface area (Å²) in [6, 6.07) is 16.7. The Labute approximate surface area is 226 Å². The molecule has 200 valence electrons. The van der Waals surface area contributed by atoms with Crippen molar-refractivity contribution in [3.05, 3.63) is 100 Å². The third-order valence-corrected chi connectivity index (χ3v) is 6.87. The number of para-hydroxylation sites is 1. The number of aryl methyl sites for hydroxylation is 1. The fourth-order valence-corrected chi connectivity index (χ4v) is 4.83. The lowest BCUT2D eigenvalue weighted by molar-refractivity contribution is 0.560. The van der Waals surface area contributed by atoms with Crippen molar-refractivity contribution in [1.82, 2.24) is 34.7 Å². The van der Waals surface area contributed by atoms with Crippen LogP contribution in [0.15, 0.2) is 71.8 Å². The molecule has 0 aliphatic carbocycles. The highest BCUT2D eigenvalue weighted by Gasteiger charge is 2.24. The smallest absolute Gasteiger partial charge is 0.290 e. The first-order valence-electron chi connectivity index (χ1n) is 13.2. The van der Waals surface area contributed by atoms with E-state index >= 15 is 4.39 Å². The molecular formula is C30H32FN7O. The fourth-order valence-electron chi connectivity index (χ4n) is 4.83. The molecule has 1 N–H and O–H groups in total. The van der Waals surface area contributed by atoms with Gasteiger partial charge in [0.05, 0.1) is 17.9 Å². The third-order valence-electron chi connectivity index (χ3n) is 6.87. The first-order valence-corrected chi connectivity index (χ1v) is 13.2. The Hall–Kier alpha value is -4.40. The molecule has 39 heavy (non-hydrogen) atoms. The Balaban J connectivity index is 1.52. The van der Waals surface area contributed by atoms with Crippen LogP contribution in [0, 0.1) is 5.82 Å². The van der Waals surface area contributed by atoms with Gasteiger partial charge in [0.15, 0.2) is 5.82 Å². The molecule has 3 aromatic heterocycles. The number of unbranched alkanes of at least 4 members (excludes halogenated alkanes) is 1. The molecule has 5 rings (SSSR count). The van der Waals surface area contributed by atoms with E-state index in [2.05, 4.69) is 32.5 Å². The summed E-state index contributed by atoms with van der Waals surface area (Å²) >= 11 is 0. The molecule has 0 unspecified atom stereocenters. The van der Waals surface area contributed by atoms with E-state index in [0.717, 1.165) is 46.5 Å². The standard InChI is InChI=1S/C30H32FN7O/c1-5-6-10-22-19-38(27-25(30(2,3)4)13-9-14-26(27)31)29(39)37(22)18-21-16-15-20(17-32-21)23-11-7-8-12-24(23)28-33-35-36-34-28/h7-9,11-17,19H,5-6,10,18H2,1-4H3,(H,33,34,35,36). The van der Waals surface area contributed by atoms with E-state index in [9.17, 15) is 4.79 Å². The van der Waals surface area contributed by atoms with Crippen LogP contribution in [0.3, 0.4) is 0 Å². The molecule has 0 bridgehead atoms. The van der Waals surface area contributed by atoms with Gasteiger partial charge in [-0.3, -0.25) is 14.1 Å². The highest BCUT2D eigenvalue weighted by atomic mass is 19.1. The second-order valence-electron chi connectivity index (χ2n) is 10.7. The van der Waals surface area contributed by atoms with Gasteiger partial charge in [0.2, 0.25) is 0 Å². The van der Waals surface area contributed by atoms with Gasteiger partial charge in [-0.05, 0) is 51.9 Å². The van der Waals surface area contributed by atoms with E-state index in [1.165, 1.54) is 10.6 Å². The summed E-state index contributed by atoms with van der Waals surface area (Å²) in [7, 11) is 0. The van der Waals surface area contributed by atoms with Crippen LogP contribution in [-0.4, -0.2) is 34.7 Å². The zero-order valence-corrected chi connectivity index (χ0v) is 22.6. The van der Waals surface area contributed by atoms with Crippen LogP contribution in [0.1, 0.15) is 57.5 Å². The van der Waals surface area contributed by atoms with Crippen LogP contribution < -0.4 is 5.69 Å². The second kappa shape index (κ2) is 10.8. The minimum absolute atomic E-state index is 0.272. The SMILES string of the molecule is CCCCc1cn(-c2c(F)cccc2C(C)(C)C)c(=O)n1Cc1ccc(-c2ccccc2-c2nnn[nH]2)cn1. The number of nitrogens with one attached hydrogen (secondary N) is 1. The van der Waals surface area contributed by atoms with Gasteiger partial charge in [0.1, 0.15) is 5.82 Å². The Bertz CT molecular complexity index is 1630. The molecule has 0 saturated heterocycles. The van der Waals surface area contributed by atoms with Gasteiger partial charge in [-0.15, -0.1) is 5.10 Å². The Morgan fingerprint density at radius 1 is 1.00 bits per heavy atom. The zero-order chi connectivity index (χ0) is 27.6. The summed E-state index contributed by atoms with van der Waals surface area (Å²) in [5.41, 5.74) is 4.80. The Morgan fingerprint density at radius 2 is 1.79 bits per heavy atom. The summed E-state index contributed by atoms with van der Waals surface area (Å²) in [6.07, 6.45) is 6.21. The number of hydrogen-bond donors (Lipinski definition) is 1. The van der Waals surface area contributed by atoms with Gasteiger partial charge in [0.25, 0.3) is 0 Å². The average molecular weight is 526 g/mol. The van der Waals surface area contributed by atoms with E-state index in [4.69, 9.17) is 0 Å². The van der Waals surface area contributed by atoms with Crippen LogP contribution in [0.4, 0.5) is 4.39 Å². The van der Waals surface area contributed by atoms with Crippen molar-refractivity contribution >= 4 is 0 Å². The van der Waals surface area contributed by atoms with E-state index in [0.29, 0.717) is 17.9 Å². The number of pyridine rings is 1. The molecule has 5 aromatic rings. The topological polar surface area (TPSA) is 94.3 Å². The predicted molar refractivity (Wildman–Crippen MR) is 149 cm³/mol. The van der Waals surface area contributed by atoms with E-state index in [1.54, 1.807) is 23.0 Å². The van der Waals surface area contributed by atoms with Gasteiger partial charge in [-0.1, -0.05) is 76.6 Å². The molecule has 2 aromatic carbocycles. The molecule has 0 aliphatic rings. The van der Waals surface area contributed by atoms with Crippen molar-refractivity contribution in [1.29, 1.82) is 0 Å². The number of rotatable bonds is 8. The maximum absolute atomic E-state index is 15.2. The maximum Gasteiger partial charge on any atom is 0.333 e. The van der Waals surface area contributed by atoms with Crippen molar-refractivity contribution in [2.24, 2.45) is 0 Å². The number of halogens is 1. The first kappa shape index (κ1) is 26.2. The first-order chi connectivity index (χ1) is 18.8. The summed E-state index contributed by atoms with van der Waals surface area (Å²) in [4.78, 5) is 18.4. The summed E-state index contributed by atoms with van der Waals surface area (Å²) < 4.78 is 18.4. The number of tetrazole rings is 1. The number of aromatic nitrogens is 7. The summed E-state index contributed by atoms with van der Waals surface area (Å²) in [5, 5.41) is 14.2. The predicted octanol–water partition coefficient (Wildman–Crippen LogP) is 5.71. The molecule has 0 atom stereocenters. The van der Waals surface area contributed by atoms with Crippen molar-refractivity contribution in [2.45, 2.75) is 58.9 Å². The molecule has 9 heteroatoms. The van der Waals surface area contributed by atoms with Crippen molar-refractivity contribution in [3.8, 4) is 28.2 Å².